The summed E-state index contributed by atoms with van der Waals surface area (Å²) in [7, 11) is 0. The molecular weight excluding hydrogens is 148 g/mol. The molecule has 1 N–H and O–H groups in total. The van der Waals surface area contributed by atoms with E-state index in [-0.39, 0.29) is 5.91 Å². The van der Waals surface area contributed by atoms with E-state index in [1.165, 1.54) is 0 Å². The highest BCUT2D eigenvalue weighted by Crippen LogP contribution is 2.03. The van der Waals surface area contributed by atoms with Gasteiger partial charge in [0.1, 0.15) is 0 Å². The van der Waals surface area contributed by atoms with E-state index in [0.717, 1.165) is 0 Å². The molecule has 10 heavy (non-hydrogen) atoms. The van der Waals surface area contributed by atoms with Gasteiger partial charge in [0.05, 0.1) is 6.54 Å². The quantitative estimate of drug-likeness (QED) is 0.550. The van der Waals surface area contributed by atoms with E-state index in [9.17, 15) is 4.79 Å². The van der Waals surface area contributed by atoms with Gasteiger partial charge in [-0.25, -0.2) is 0 Å². The first-order valence-corrected chi connectivity index (χ1v) is 3.62. The van der Waals surface area contributed by atoms with Gasteiger partial charge in [-0.15, -0.1) is 0 Å². The van der Waals surface area contributed by atoms with Crippen molar-refractivity contribution in [3.05, 3.63) is 0 Å². The summed E-state index contributed by atoms with van der Waals surface area (Å²) in [6.07, 6.45) is 0. The van der Waals surface area contributed by atoms with Gasteiger partial charge in [-0.05, 0) is 26.1 Å². The molecule has 0 aromatic rings. The van der Waals surface area contributed by atoms with Gasteiger partial charge in [0, 0.05) is 6.04 Å². The van der Waals surface area contributed by atoms with Gasteiger partial charge in [-0.2, -0.15) is 0 Å². The summed E-state index contributed by atoms with van der Waals surface area (Å²) >= 11 is 4.89. The lowest BCUT2D eigenvalue weighted by Gasteiger charge is -2.19. The molecule has 1 aliphatic heterocycles. The van der Waals surface area contributed by atoms with Gasteiger partial charge >= 0.3 is 0 Å². The monoisotopic (exact) mass is 158 g/mol. The lowest BCUT2D eigenvalue weighted by Crippen LogP contribution is -2.33. The molecule has 0 radical (unpaired) electrons. The van der Waals surface area contributed by atoms with Crippen LogP contribution in [0.15, 0.2) is 0 Å². The van der Waals surface area contributed by atoms with Crippen LogP contribution >= 0.6 is 12.2 Å². The molecule has 0 saturated carbocycles. The third kappa shape index (κ3) is 1.26. The normalized spacial score (nSPS) is 18.5. The third-order valence-electron chi connectivity index (χ3n) is 1.44. The predicted octanol–water partition coefficient (Wildman–Crippen LogP) is 0.112. The Kier molecular flexibility index (Phi) is 1.89. The molecule has 1 amide bonds. The van der Waals surface area contributed by atoms with Crippen LogP contribution in [0.3, 0.4) is 0 Å². The lowest BCUT2D eigenvalue weighted by molar-refractivity contribution is -0.118. The van der Waals surface area contributed by atoms with E-state index < -0.39 is 0 Å². The van der Waals surface area contributed by atoms with Crippen molar-refractivity contribution in [3.8, 4) is 0 Å². The van der Waals surface area contributed by atoms with Crippen molar-refractivity contribution in [3.63, 3.8) is 0 Å². The van der Waals surface area contributed by atoms with E-state index in [2.05, 4.69) is 5.32 Å². The molecule has 0 aliphatic carbocycles. The average molecular weight is 158 g/mol. The minimum Gasteiger partial charge on any atom is -0.337 e. The molecule has 0 atom stereocenters. The molecule has 1 aliphatic rings. The third-order valence-corrected chi connectivity index (χ3v) is 1.78. The Bertz CT molecular complexity index is 179. The van der Waals surface area contributed by atoms with E-state index in [4.69, 9.17) is 12.2 Å². The number of hydrogen-bond acceptors (Lipinski definition) is 2. The second-order valence-corrected chi connectivity index (χ2v) is 2.96. The Morgan fingerprint density at radius 1 is 1.70 bits per heavy atom. The van der Waals surface area contributed by atoms with Gasteiger partial charge in [0.25, 0.3) is 0 Å². The van der Waals surface area contributed by atoms with Crippen LogP contribution in [0.5, 0.6) is 0 Å². The first kappa shape index (κ1) is 7.47. The molecule has 0 spiro atoms. The smallest absolute Gasteiger partial charge is 0.245 e. The zero-order valence-corrected chi connectivity index (χ0v) is 6.86. The maximum absolute atomic E-state index is 10.7. The number of carbonyl (C=O) groups excluding carboxylic acids is 1. The first-order chi connectivity index (χ1) is 4.61. The summed E-state index contributed by atoms with van der Waals surface area (Å²) in [6.45, 7) is 4.43. The van der Waals surface area contributed by atoms with Crippen molar-refractivity contribution in [1.29, 1.82) is 0 Å². The SMILES string of the molecule is CC(C)N1CC(=O)NC1=S. The number of thiocarbonyl (C=S) groups is 1. The predicted molar refractivity (Wildman–Crippen MR) is 42.6 cm³/mol. The zero-order valence-electron chi connectivity index (χ0n) is 6.05. The minimum atomic E-state index is -0.00120. The van der Waals surface area contributed by atoms with Gasteiger partial charge in [0.15, 0.2) is 5.11 Å². The van der Waals surface area contributed by atoms with Gasteiger partial charge in [0.2, 0.25) is 5.91 Å². The number of hydrogen-bond donors (Lipinski definition) is 1. The largest absolute Gasteiger partial charge is 0.337 e. The molecule has 0 unspecified atom stereocenters. The van der Waals surface area contributed by atoms with E-state index in [1.54, 1.807) is 0 Å². The second-order valence-electron chi connectivity index (χ2n) is 2.57. The number of nitrogens with one attached hydrogen (secondary N) is 1. The van der Waals surface area contributed by atoms with Crippen LogP contribution in [-0.2, 0) is 4.79 Å². The summed E-state index contributed by atoms with van der Waals surface area (Å²) < 4.78 is 0. The fourth-order valence-electron chi connectivity index (χ4n) is 0.874. The molecule has 4 heteroatoms. The molecule has 1 fully saturated rings. The number of nitrogens with zero attached hydrogens (tertiary/aromatic N) is 1. The summed E-state index contributed by atoms with van der Waals surface area (Å²) in [5.74, 6) is -0.00120. The first-order valence-electron chi connectivity index (χ1n) is 3.21. The van der Waals surface area contributed by atoms with E-state index >= 15 is 0 Å². The van der Waals surface area contributed by atoms with Crippen molar-refractivity contribution >= 4 is 23.2 Å². The topological polar surface area (TPSA) is 32.3 Å². The van der Waals surface area contributed by atoms with E-state index in [0.29, 0.717) is 17.7 Å². The van der Waals surface area contributed by atoms with Crippen molar-refractivity contribution in [2.24, 2.45) is 0 Å². The van der Waals surface area contributed by atoms with Crippen LogP contribution in [0.4, 0.5) is 0 Å². The Morgan fingerprint density at radius 2 is 2.30 bits per heavy atom. The van der Waals surface area contributed by atoms with Crippen LogP contribution in [0.1, 0.15) is 13.8 Å². The average Bonchev–Trinajstić information content (AvgIpc) is 2.10. The van der Waals surface area contributed by atoms with Crippen LogP contribution in [0.2, 0.25) is 0 Å². The second kappa shape index (κ2) is 2.54. The van der Waals surface area contributed by atoms with Crippen molar-refractivity contribution in [2.45, 2.75) is 19.9 Å². The van der Waals surface area contributed by atoms with Gasteiger partial charge in [-0.1, -0.05) is 0 Å². The van der Waals surface area contributed by atoms with Gasteiger partial charge < -0.3 is 10.2 Å². The molecule has 1 saturated heterocycles. The van der Waals surface area contributed by atoms with E-state index in [1.807, 2.05) is 18.7 Å². The Morgan fingerprint density at radius 3 is 2.50 bits per heavy atom. The van der Waals surface area contributed by atoms with Crippen molar-refractivity contribution in [2.75, 3.05) is 6.54 Å². The fourth-order valence-corrected chi connectivity index (χ4v) is 1.26. The molecule has 56 valence electrons. The van der Waals surface area contributed by atoms with Crippen molar-refractivity contribution < 1.29 is 4.79 Å². The minimum absolute atomic E-state index is 0.00120. The van der Waals surface area contributed by atoms with Crippen molar-refractivity contribution in [1.82, 2.24) is 10.2 Å². The summed E-state index contributed by atoms with van der Waals surface area (Å²) in [6, 6.07) is 0.312. The highest BCUT2D eigenvalue weighted by molar-refractivity contribution is 7.80. The highest BCUT2D eigenvalue weighted by atomic mass is 32.1. The molecule has 0 aromatic carbocycles. The maximum Gasteiger partial charge on any atom is 0.245 e. The number of rotatable bonds is 1. The highest BCUT2D eigenvalue weighted by Gasteiger charge is 2.24. The molecule has 3 nitrogen and oxygen atoms in total. The fraction of sp³-hybridized carbons (Fsp3) is 0.667. The lowest BCUT2D eigenvalue weighted by atomic mass is 10.3. The Balaban J connectivity index is 2.63. The van der Waals surface area contributed by atoms with Gasteiger partial charge in [-0.3, -0.25) is 4.79 Å². The number of amides is 1. The standard InChI is InChI=1S/C6H10N2OS/c1-4(2)8-3-5(9)7-6(8)10/h4H,3H2,1-2H3,(H,7,9,10). The van der Waals surface area contributed by atoms with Crippen LogP contribution in [0.25, 0.3) is 0 Å². The number of carbonyl (C=O) groups is 1. The van der Waals surface area contributed by atoms with Crippen LogP contribution in [-0.4, -0.2) is 28.5 Å². The summed E-state index contributed by atoms with van der Waals surface area (Å²) in [5.41, 5.74) is 0. The maximum atomic E-state index is 10.7. The summed E-state index contributed by atoms with van der Waals surface area (Å²) in [4.78, 5) is 12.6. The molecule has 1 heterocycles. The zero-order chi connectivity index (χ0) is 7.72. The van der Waals surface area contributed by atoms with Crippen LogP contribution < -0.4 is 5.32 Å². The molecule has 1 rings (SSSR count). The molecule has 0 aromatic heterocycles. The summed E-state index contributed by atoms with van der Waals surface area (Å²) in [5, 5.41) is 3.12. The Hall–Kier alpha value is -0.640. The molecular formula is C6H10N2OS. The molecule has 0 bridgehead atoms. The van der Waals surface area contributed by atoms with Crippen LogP contribution in [0, 0.1) is 0 Å². The Labute approximate surface area is 65.4 Å².